The van der Waals surface area contributed by atoms with E-state index in [0.717, 1.165) is 42.3 Å². The summed E-state index contributed by atoms with van der Waals surface area (Å²) in [6.07, 6.45) is 4.34. The third-order valence-electron chi connectivity index (χ3n) is 3.29. The van der Waals surface area contributed by atoms with Crippen molar-refractivity contribution in [3.05, 3.63) is 5.69 Å². The van der Waals surface area contributed by atoms with Crippen molar-refractivity contribution in [3.8, 4) is 0 Å². The van der Waals surface area contributed by atoms with Crippen LogP contribution in [0.5, 0.6) is 0 Å². The van der Waals surface area contributed by atoms with Gasteiger partial charge in [0.1, 0.15) is 0 Å². The molecule has 5 heteroatoms. The van der Waals surface area contributed by atoms with Crippen LogP contribution in [0, 0.1) is 6.92 Å². The van der Waals surface area contributed by atoms with Crippen LogP contribution in [-0.2, 0) is 6.54 Å². The second-order valence-electron chi connectivity index (χ2n) is 4.67. The average Bonchev–Trinajstić information content (AvgIpc) is 2.62. The van der Waals surface area contributed by atoms with Gasteiger partial charge < -0.3 is 10.6 Å². The van der Waals surface area contributed by atoms with Crippen molar-refractivity contribution >= 4 is 23.3 Å². The number of nitrogen functional groups attached to an aromatic ring is 1. The molecule has 1 atom stereocenters. The van der Waals surface area contributed by atoms with Crippen LogP contribution in [-0.4, -0.2) is 34.9 Å². The van der Waals surface area contributed by atoms with Crippen LogP contribution in [0.25, 0.3) is 0 Å². The first-order chi connectivity index (χ1) is 8.56. The van der Waals surface area contributed by atoms with Crippen LogP contribution in [0.2, 0.25) is 0 Å². The molecule has 104 valence electrons. The largest absolute Gasteiger partial charge is 0.394 e. The summed E-state index contributed by atoms with van der Waals surface area (Å²) in [5.41, 5.74) is 7.95. The Morgan fingerprint density at radius 2 is 2.11 bits per heavy atom. The molecule has 2 N–H and O–H groups in total. The minimum absolute atomic E-state index is 0.508. The molecule has 1 aromatic rings. The van der Waals surface area contributed by atoms with E-state index in [0.29, 0.717) is 6.04 Å². The summed E-state index contributed by atoms with van der Waals surface area (Å²) in [4.78, 5) is 2.29. The molecule has 1 rings (SSSR count). The highest BCUT2D eigenvalue weighted by atomic mass is 32.2. The van der Waals surface area contributed by atoms with E-state index in [1.54, 1.807) is 0 Å². The third kappa shape index (κ3) is 3.13. The van der Waals surface area contributed by atoms with E-state index < -0.39 is 0 Å². The van der Waals surface area contributed by atoms with Gasteiger partial charge in [-0.2, -0.15) is 16.9 Å². The summed E-state index contributed by atoms with van der Waals surface area (Å²) in [6, 6.07) is 0.508. The SMILES string of the molecule is CCCn1nc(C)c(N)c1N(C)C(CC)CSC. The molecule has 0 saturated heterocycles. The fourth-order valence-electron chi connectivity index (χ4n) is 2.19. The van der Waals surface area contributed by atoms with E-state index in [9.17, 15) is 0 Å². The zero-order chi connectivity index (χ0) is 13.7. The number of rotatable bonds is 7. The van der Waals surface area contributed by atoms with Gasteiger partial charge >= 0.3 is 0 Å². The number of aromatic nitrogens is 2. The van der Waals surface area contributed by atoms with Gasteiger partial charge in [0.15, 0.2) is 5.82 Å². The molecule has 1 heterocycles. The summed E-state index contributed by atoms with van der Waals surface area (Å²) in [5.74, 6) is 2.19. The van der Waals surface area contributed by atoms with E-state index in [1.807, 2.05) is 23.4 Å². The van der Waals surface area contributed by atoms with Crippen molar-refractivity contribution in [1.82, 2.24) is 9.78 Å². The molecule has 0 saturated carbocycles. The van der Waals surface area contributed by atoms with E-state index in [-0.39, 0.29) is 0 Å². The zero-order valence-corrected chi connectivity index (χ0v) is 13.0. The van der Waals surface area contributed by atoms with Crippen LogP contribution in [0.4, 0.5) is 11.5 Å². The molecule has 0 amide bonds. The van der Waals surface area contributed by atoms with Crippen LogP contribution in [0.3, 0.4) is 0 Å². The van der Waals surface area contributed by atoms with Crippen LogP contribution < -0.4 is 10.6 Å². The monoisotopic (exact) mass is 270 g/mol. The Balaban J connectivity index is 3.05. The summed E-state index contributed by atoms with van der Waals surface area (Å²) >= 11 is 1.88. The molecule has 0 aliphatic rings. The molecule has 0 spiro atoms. The van der Waals surface area contributed by atoms with Gasteiger partial charge in [-0.1, -0.05) is 13.8 Å². The highest BCUT2D eigenvalue weighted by Gasteiger charge is 2.21. The second-order valence-corrected chi connectivity index (χ2v) is 5.58. The molecule has 0 aromatic carbocycles. The van der Waals surface area contributed by atoms with E-state index in [1.165, 1.54) is 0 Å². The molecule has 4 nitrogen and oxygen atoms in total. The lowest BCUT2D eigenvalue weighted by Crippen LogP contribution is -2.35. The Kier molecular flexibility index (Phi) is 5.85. The Hall–Kier alpha value is -0.840. The third-order valence-corrected chi connectivity index (χ3v) is 4.01. The topological polar surface area (TPSA) is 47.1 Å². The lowest BCUT2D eigenvalue weighted by atomic mass is 10.2. The molecular formula is C13H26N4S. The lowest BCUT2D eigenvalue weighted by Gasteiger charge is -2.29. The van der Waals surface area contributed by atoms with Crippen molar-refractivity contribution in [3.63, 3.8) is 0 Å². The predicted octanol–water partition coefficient (Wildman–Crippen LogP) is 2.76. The second kappa shape index (κ2) is 6.92. The lowest BCUT2D eigenvalue weighted by molar-refractivity contribution is 0.571. The maximum Gasteiger partial charge on any atom is 0.150 e. The van der Waals surface area contributed by atoms with E-state index in [2.05, 4.69) is 37.1 Å². The summed E-state index contributed by atoms with van der Waals surface area (Å²) in [7, 11) is 2.13. The zero-order valence-electron chi connectivity index (χ0n) is 12.2. The van der Waals surface area contributed by atoms with Crippen molar-refractivity contribution < 1.29 is 0 Å². The van der Waals surface area contributed by atoms with E-state index >= 15 is 0 Å². The Bertz CT molecular complexity index is 375. The molecule has 0 bridgehead atoms. The molecular weight excluding hydrogens is 244 g/mol. The molecule has 0 aliphatic carbocycles. The Morgan fingerprint density at radius 3 is 2.61 bits per heavy atom. The van der Waals surface area contributed by atoms with Gasteiger partial charge in [-0.05, 0) is 26.0 Å². The van der Waals surface area contributed by atoms with Gasteiger partial charge in [0, 0.05) is 25.4 Å². The highest BCUT2D eigenvalue weighted by molar-refractivity contribution is 7.98. The number of hydrogen-bond acceptors (Lipinski definition) is 4. The van der Waals surface area contributed by atoms with Gasteiger partial charge in [-0.15, -0.1) is 0 Å². The van der Waals surface area contributed by atoms with Gasteiger partial charge in [0.2, 0.25) is 0 Å². The van der Waals surface area contributed by atoms with Gasteiger partial charge in [-0.25, -0.2) is 4.68 Å². The van der Waals surface area contributed by atoms with Gasteiger partial charge in [0.25, 0.3) is 0 Å². The van der Waals surface area contributed by atoms with Crippen LogP contribution in [0.15, 0.2) is 0 Å². The summed E-state index contributed by atoms with van der Waals surface area (Å²) < 4.78 is 2.05. The fraction of sp³-hybridized carbons (Fsp3) is 0.769. The number of nitrogens with zero attached hydrogens (tertiary/aromatic N) is 3. The molecule has 0 aliphatic heterocycles. The summed E-state index contributed by atoms with van der Waals surface area (Å²) in [6.45, 7) is 7.29. The Morgan fingerprint density at radius 1 is 1.44 bits per heavy atom. The normalized spacial score (nSPS) is 12.7. The first kappa shape index (κ1) is 15.2. The minimum atomic E-state index is 0.508. The maximum atomic E-state index is 6.19. The van der Waals surface area contributed by atoms with Gasteiger partial charge in [0.05, 0.1) is 11.4 Å². The highest BCUT2D eigenvalue weighted by Crippen LogP contribution is 2.28. The quantitative estimate of drug-likeness (QED) is 0.827. The van der Waals surface area contributed by atoms with Crippen molar-refractivity contribution in [1.29, 1.82) is 0 Å². The maximum absolute atomic E-state index is 6.19. The smallest absolute Gasteiger partial charge is 0.150 e. The van der Waals surface area contributed by atoms with Crippen LogP contribution in [0.1, 0.15) is 32.4 Å². The molecule has 0 radical (unpaired) electrons. The number of hydrogen-bond donors (Lipinski definition) is 1. The minimum Gasteiger partial charge on any atom is -0.394 e. The molecule has 1 unspecified atom stereocenters. The van der Waals surface area contributed by atoms with E-state index in [4.69, 9.17) is 5.73 Å². The predicted molar refractivity (Wildman–Crippen MR) is 82.5 cm³/mol. The molecule has 0 fully saturated rings. The van der Waals surface area contributed by atoms with Crippen molar-refractivity contribution in [2.45, 2.75) is 46.2 Å². The number of anilines is 2. The van der Waals surface area contributed by atoms with Crippen molar-refractivity contribution in [2.75, 3.05) is 29.7 Å². The number of thioether (sulfide) groups is 1. The number of nitrogens with two attached hydrogens (primary N) is 1. The first-order valence-corrected chi connectivity index (χ1v) is 8.00. The fourth-order valence-corrected chi connectivity index (χ4v) is 3.04. The van der Waals surface area contributed by atoms with Gasteiger partial charge in [-0.3, -0.25) is 0 Å². The average molecular weight is 270 g/mol. The first-order valence-electron chi connectivity index (χ1n) is 6.61. The molecule has 1 aromatic heterocycles. The summed E-state index contributed by atoms with van der Waals surface area (Å²) in [5, 5.41) is 4.54. The Labute approximate surface area is 115 Å². The standard InChI is InChI=1S/C13H26N4S/c1-6-8-17-13(12(14)10(3)15-17)16(4)11(7-2)9-18-5/h11H,6-9,14H2,1-5H3. The number of aryl methyl sites for hydroxylation is 2. The van der Waals surface area contributed by atoms with Crippen LogP contribution >= 0.6 is 11.8 Å². The van der Waals surface area contributed by atoms with Crippen molar-refractivity contribution in [2.24, 2.45) is 0 Å². The molecule has 18 heavy (non-hydrogen) atoms.